The third kappa shape index (κ3) is 1.69. The van der Waals surface area contributed by atoms with Crippen molar-refractivity contribution in [3.63, 3.8) is 0 Å². The van der Waals surface area contributed by atoms with Crippen molar-refractivity contribution in [2.75, 3.05) is 0 Å². The van der Waals surface area contributed by atoms with E-state index in [1.165, 1.54) is 0 Å². The van der Waals surface area contributed by atoms with Gasteiger partial charge in [0.15, 0.2) is 6.33 Å². The van der Waals surface area contributed by atoms with E-state index in [0.717, 1.165) is 5.56 Å². The first-order valence-corrected chi connectivity index (χ1v) is 4.32. The van der Waals surface area contributed by atoms with Crippen molar-refractivity contribution in [2.45, 2.75) is 0 Å². The molecule has 0 unspecified atom stereocenters. The van der Waals surface area contributed by atoms with E-state index in [1.807, 2.05) is 0 Å². The van der Waals surface area contributed by atoms with Gasteiger partial charge in [-0.15, -0.1) is 0 Å². The summed E-state index contributed by atoms with van der Waals surface area (Å²) >= 11 is 11.7. The van der Waals surface area contributed by atoms with Gasteiger partial charge in [-0.1, -0.05) is 23.2 Å². The van der Waals surface area contributed by atoms with Gasteiger partial charge in [0.1, 0.15) is 5.69 Å². The monoisotopic (exact) mass is 210 g/mol. The molecule has 2 nitrogen and oxygen atoms in total. The minimum absolute atomic E-state index is 0.559. The van der Waals surface area contributed by atoms with E-state index in [2.05, 4.69) is 22.5 Å². The Morgan fingerprint density at radius 1 is 1.31 bits per heavy atom. The number of hydrogen-bond donors (Lipinski definition) is 1. The van der Waals surface area contributed by atoms with Crippen LogP contribution in [-0.4, -0.2) is 9.97 Å². The Hall–Kier alpha value is -0.990. The van der Waals surface area contributed by atoms with E-state index >= 15 is 0 Å². The van der Waals surface area contributed by atoms with Gasteiger partial charge in [0.25, 0.3) is 0 Å². The number of nitrogens with zero attached hydrogens (tertiary/aromatic N) is 1. The van der Waals surface area contributed by atoms with E-state index in [-0.39, 0.29) is 0 Å². The van der Waals surface area contributed by atoms with Crippen molar-refractivity contribution >= 4 is 23.2 Å². The SMILES string of the molecule is Clc1ccc(-c2[c][nH][c]n2)c(Cl)c1. The number of rotatable bonds is 1. The van der Waals surface area contributed by atoms with Crippen LogP contribution < -0.4 is 0 Å². The number of benzene rings is 1. The quantitative estimate of drug-likeness (QED) is 0.771. The van der Waals surface area contributed by atoms with Gasteiger partial charge in [-0.05, 0) is 18.2 Å². The summed E-state index contributed by atoms with van der Waals surface area (Å²) in [6.45, 7) is 0. The van der Waals surface area contributed by atoms with Crippen LogP contribution in [0.3, 0.4) is 0 Å². The van der Waals surface area contributed by atoms with Gasteiger partial charge in [-0.25, -0.2) is 4.98 Å². The Kier molecular flexibility index (Phi) is 2.25. The Labute approximate surface area is 85.5 Å². The van der Waals surface area contributed by atoms with Crippen molar-refractivity contribution in [3.05, 3.63) is 40.8 Å². The number of aromatic nitrogens is 2. The van der Waals surface area contributed by atoms with Crippen LogP contribution in [0.4, 0.5) is 0 Å². The molecule has 4 heteroatoms. The number of nitrogens with one attached hydrogen (secondary N) is 1. The first-order chi connectivity index (χ1) is 6.27. The summed E-state index contributed by atoms with van der Waals surface area (Å²) in [5.74, 6) is 0. The van der Waals surface area contributed by atoms with Crippen LogP contribution in [0.25, 0.3) is 11.3 Å². The van der Waals surface area contributed by atoms with E-state index < -0.39 is 0 Å². The standard InChI is InChI=1S/C9H4Cl2N2/c10-6-1-2-7(8(11)3-6)9-4-12-5-13-9/h1-3H,(H,12,13). The first-order valence-electron chi connectivity index (χ1n) is 3.56. The number of halogens is 2. The van der Waals surface area contributed by atoms with Gasteiger partial charge < -0.3 is 4.98 Å². The summed E-state index contributed by atoms with van der Waals surface area (Å²) in [5, 5.41) is 1.16. The molecule has 0 aliphatic carbocycles. The average molecular weight is 211 g/mol. The van der Waals surface area contributed by atoms with Crippen molar-refractivity contribution in [2.24, 2.45) is 0 Å². The molecule has 64 valence electrons. The minimum Gasteiger partial charge on any atom is -0.334 e. The highest BCUT2D eigenvalue weighted by Gasteiger charge is 2.05. The lowest BCUT2D eigenvalue weighted by atomic mass is 10.2. The third-order valence-electron chi connectivity index (χ3n) is 1.59. The summed E-state index contributed by atoms with van der Waals surface area (Å²) < 4.78 is 0. The maximum atomic E-state index is 5.95. The lowest BCUT2D eigenvalue weighted by Gasteiger charge is -1.99. The smallest absolute Gasteiger partial charge is 0.174 e. The van der Waals surface area contributed by atoms with Crippen LogP contribution in [0.15, 0.2) is 18.2 Å². The average Bonchev–Trinajstić information content (AvgIpc) is 2.56. The van der Waals surface area contributed by atoms with Gasteiger partial charge in [-0.2, -0.15) is 0 Å². The molecule has 0 spiro atoms. The summed E-state index contributed by atoms with van der Waals surface area (Å²) in [6, 6.07) is 5.22. The second kappa shape index (κ2) is 3.40. The molecule has 1 N–H and O–H groups in total. The van der Waals surface area contributed by atoms with E-state index in [1.54, 1.807) is 18.2 Å². The van der Waals surface area contributed by atoms with Gasteiger partial charge in [0.05, 0.1) is 11.2 Å². The second-order valence-electron chi connectivity index (χ2n) is 2.45. The highest BCUT2D eigenvalue weighted by molar-refractivity contribution is 6.36. The zero-order valence-corrected chi connectivity index (χ0v) is 7.95. The van der Waals surface area contributed by atoms with Gasteiger partial charge in [-0.3, -0.25) is 0 Å². The minimum atomic E-state index is 0.559. The molecule has 0 aliphatic heterocycles. The van der Waals surface area contributed by atoms with Crippen molar-refractivity contribution in [1.82, 2.24) is 9.97 Å². The molecular weight excluding hydrogens is 207 g/mol. The summed E-state index contributed by atoms with van der Waals surface area (Å²) in [5.41, 5.74) is 1.44. The molecule has 0 bridgehead atoms. The van der Waals surface area contributed by atoms with Gasteiger partial charge >= 0.3 is 0 Å². The van der Waals surface area contributed by atoms with E-state index in [4.69, 9.17) is 23.2 Å². The topological polar surface area (TPSA) is 28.7 Å². The summed E-state index contributed by atoms with van der Waals surface area (Å²) in [7, 11) is 0. The summed E-state index contributed by atoms with van der Waals surface area (Å²) in [4.78, 5) is 6.53. The van der Waals surface area contributed by atoms with Crippen LogP contribution in [-0.2, 0) is 0 Å². The second-order valence-corrected chi connectivity index (χ2v) is 3.29. The lowest BCUT2D eigenvalue weighted by Crippen LogP contribution is -1.78. The maximum Gasteiger partial charge on any atom is 0.174 e. The molecule has 0 atom stereocenters. The molecule has 1 heterocycles. The van der Waals surface area contributed by atoms with E-state index in [9.17, 15) is 0 Å². The van der Waals surface area contributed by atoms with E-state index in [0.29, 0.717) is 15.7 Å². The van der Waals surface area contributed by atoms with Crippen LogP contribution >= 0.6 is 23.2 Å². The molecule has 0 saturated carbocycles. The Bertz CT molecular complexity index is 410. The molecule has 0 fully saturated rings. The predicted octanol–water partition coefficient (Wildman–Crippen LogP) is 2.98. The zero-order valence-electron chi connectivity index (χ0n) is 6.44. The molecule has 2 radical (unpaired) electrons. The molecule has 0 amide bonds. The fourth-order valence-corrected chi connectivity index (χ4v) is 1.51. The number of H-pyrrole nitrogens is 1. The highest BCUT2D eigenvalue weighted by Crippen LogP contribution is 2.28. The van der Waals surface area contributed by atoms with Crippen LogP contribution in [0.5, 0.6) is 0 Å². The lowest BCUT2D eigenvalue weighted by molar-refractivity contribution is 1.29. The molecule has 0 aliphatic rings. The highest BCUT2D eigenvalue weighted by atomic mass is 35.5. The summed E-state index contributed by atoms with van der Waals surface area (Å²) in [6.07, 6.45) is 5.34. The normalized spacial score (nSPS) is 10.3. The fraction of sp³-hybridized carbons (Fsp3) is 0. The van der Waals surface area contributed by atoms with Gasteiger partial charge in [0.2, 0.25) is 0 Å². The molecule has 1 aromatic heterocycles. The molecular formula is C9H4Cl2N2. The number of aromatic amines is 1. The molecule has 0 saturated heterocycles. The predicted molar refractivity (Wildman–Crippen MR) is 51.7 cm³/mol. The number of imidazole rings is 1. The van der Waals surface area contributed by atoms with Crippen molar-refractivity contribution < 1.29 is 0 Å². The van der Waals surface area contributed by atoms with Gasteiger partial charge in [0, 0.05) is 10.6 Å². The maximum absolute atomic E-state index is 5.95. The largest absolute Gasteiger partial charge is 0.334 e. The third-order valence-corrected chi connectivity index (χ3v) is 2.14. The molecule has 1 aromatic carbocycles. The van der Waals surface area contributed by atoms with Crippen LogP contribution in [0, 0.1) is 12.5 Å². The van der Waals surface area contributed by atoms with Crippen molar-refractivity contribution in [1.29, 1.82) is 0 Å². The Balaban J connectivity index is 2.53. The van der Waals surface area contributed by atoms with Crippen LogP contribution in [0.2, 0.25) is 10.0 Å². The zero-order chi connectivity index (χ0) is 9.26. The fourth-order valence-electron chi connectivity index (χ4n) is 1.01. The van der Waals surface area contributed by atoms with Crippen LogP contribution in [0.1, 0.15) is 0 Å². The van der Waals surface area contributed by atoms with Crippen molar-refractivity contribution in [3.8, 4) is 11.3 Å². The first kappa shape index (κ1) is 8.60. The molecule has 13 heavy (non-hydrogen) atoms. The molecule has 2 rings (SSSR count). The Morgan fingerprint density at radius 3 is 2.77 bits per heavy atom. The Morgan fingerprint density at radius 2 is 2.15 bits per heavy atom. The number of hydrogen-bond acceptors (Lipinski definition) is 1. The molecule has 2 aromatic rings.